The van der Waals surface area contributed by atoms with Gasteiger partial charge in [-0.1, -0.05) is 13.3 Å². The summed E-state index contributed by atoms with van der Waals surface area (Å²) in [6.45, 7) is 2.55. The van der Waals surface area contributed by atoms with Gasteiger partial charge in [-0.25, -0.2) is 0 Å². The lowest BCUT2D eigenvalue weighted by molar-refractivity contribution is -0.385. The minimum Gasteiger partial charge on any atom is -0.487 e. The van der Waals surface area contributed by atoms with Gasteiger partial charge in [0.25, 0.3) is 0 Å². The molecular weight excluding hydrogens is 182 g/mol. The summed E-state index contributed by atoms with van der Waals surface area (Å²) in [5.74, 6) is 0.297. The molecule has 1 rings (SSSR count). The molecule has 0 amide bonds. The van der Waals surface area contributed by atoms with E-state index >= 15 is 0 Å². The van der Waals surface area contributed by atoms with Crippen molar-refractivity contribution in [1.29, 1.82) is 0 Å². The van der Waals surface area contributed by atoms with E-state index in [0.29, 0.717) is 12.4 Å². The Bertz CT molecular complexity index is 312. The molecular formula is C10H12NO3. The van der Waals surface area contributed by atoms with Gasteiger partial charge in [-0.2, -0.15) is 0 Å². The van der Waals surface area contributed by atoms with Crippen LogP contribution in [0.15, 0.2) is 18.2 Å². The van der Waals surface area contributed by atoms with Crippen molar-refractivity contribution in [2.24, 2.45) is 0 Å². The van der Waals surface area contributed by atoms with Gasteiger partial charge >= 0.3 is 5.69 Å². The van der Waals surface area contributed by atoms with E-state index in [1.807, 2.05) is 6.92 Å². The first kappa shape index (κ1) is 10.5. The molecule has 0 saturated heterocycles. The summed E-state index contributed by atoms with van der Waals surface area (Å²) >= 11 is 0. The highest BCUT2D eigenvalue weighted by molar-refractivity contribution is 5.45. The highest BCUT2D eigenvalue weighted by Crippen LogP contribution is 2.25. The Hall–Kier alpha value is -1.58. The summed E-state index contributed by atoms with van der Waals surface area (Å²) in [6.07, 6.45) is 1.90. The van der Waals surface area contributed by atoms with Gasteiger partial charge in [-0.05, 0) is 24.6 Å². The fourth-order valence-electron chi connectivity index (χ4n) is 1.000. The van der Waals surface area contributed by atoms with E-state index in [9.17, 15) is 10.1 Å². The average Bonchev–Trinajstić information content (AvgIpc) is 2.19. The minimum atomic E-state index is -0.449. The second-order valence-electron chi connectivity index (χ2n) is 2.85. The first-order valence-electron chi connectivity index (χ1n) is 4.53. The van der Waals surface area contributed by atoms with Gasteiger partial charge in [-0.3, -0.25) is 10.1 Å². The molecule has 0 aliphatic carbocycles. The molecule has 0 bridgehead atoms. The van der Waals surface area contributed by atoms with Crippen LogP contribution in [0.1, 0.15) is 19.8 Å². The molecule has 0 unspecified atom stereocenters. The standard InChI is InChI=1S/C10H12NO3/c1-2-3-8-14-10-7-5-4-6-9(10)11(12)13/h4,6-7H,2-3,8H2,1H3. The molecule has 75 valence electrons. The van der Waals surface area contributed by atoms with E-state index < -0.39 is 4.92 Å². The van der Waals surface area contributed by atoms with Crippen LogP contribution in [0, 0.1) is 16.2 Å². The van der Waals surface area contributed by atoms with Crippen molar-refractivity contribution >= 4 is 5.69 Å². The number of hydrogen-bond donors (Lipinski definition) is 0. The molecule has 4 nitrogen and oxygen atoms in total. The largest absolute Gasteiger partial charge is 0.487 e. The predicted octanol–water partition coefficient (Wildman–Crippen LogP) is 2.57. The number of rotatable bonds is 5. The third-order valence-corrected chi connectivity index (χ3v) is 1.76. The third-order valence-electron chi connectivity index (χ3n) is 1.76. The van der Waals surface area contributed by atoms with Crippen LogP contribution >= 0.6 is 0 Å². The van der Waals surface area contributed by atoms with Crippen LogP contribution in [0.5, 0.6) is 5.75 Å². The predicted molar refractivity (Wildman–Crippen MR) is 52.3 cm³/mol. The fourth-order valence-corrected chi connectivity index (χ4v) is 1.000. The fraction of sp³-hybridized carbons (Fsp3) is 0.400. The lowest BCUT2D eigenvalue weighted by Gasteiger charge is -2.04. The molecule has 0 saturated carbocycles. The molecule has 14 heavy (non-hydrogen) atoms. The zero-order chi connectivity index (χ0) is 10.4. The molecule has 1 aromatic rings. The zero-order valence-electron chi connectivity index (χ0n) is 8.03. The minimum absolute atomic E-state index is 0.000136. The van der Waals surface area contributed by atoms with Crippen LogP contribution in [0.3, 0.4) is 0 Å². The lowest BCUT2D eigenvalue weighted by Crippen LogP contribution is -1.99. The second kappa shape index (κ2) is 5.21. The van der Waals surface area contributed by atoms with Crippen molar-refractivity contribution in [3.8, 4) is 5.75 Å². The molecule has 0 spiro atoms. The Morgan fingerprint density at radius 3 is 3.07 bits per heavy atom. The molecule has 1 radical (unpaired) electrons. The number of nitro groups is 1. The maximum atomic E-state index is 10.6. The van der Waals surface area contributed by atoms with Crippen LogP contribution in [0.2, 0.25) is 0 Å². The number of nitro benzene ring substituents is 1. The summed E-state index contributed by atoms with van der Waals surface area (Å²) in [5.41, 5.74) is -0.000136. The number of benzene rings is 1. The van der Waals surface area contributed by atoms with Gasteiger partial charge in [0.1, 0.15) is 0 Å². The number of hydrogen-bond acceptors (Lipinski definition) is 3. The van der Waals surface area contributed by atoms with E-state index in [2.05, 4.69) is 6.07 Å². The second-order valence-corrected chi connectivity index (χ2v) is 2.85. The molecule has 0 heterocycles. The molecule has 0 atom stereocenters. The highest BCUT2D eigenvalue weighted by Gasteiger charge is 2.12. The van der Waals surface area contributed by atoms with Gasteiger partial charge < -0.3 is 4.74 Å². The van der Waals surface area contributed by atoms with E-state index in [0.717, 1.165) is 12.8 Å². The van der Waals surface area contributed by atoms with Crippen molar-refractivity contribution in [1.82, 2.24) is 0 Å². The topological polar surface area (TPSA) is 52.4 Å². The van der Waals surface area contributed by atoms with Gasteiger partial charge in [0, 0.05) is 6.07 Å². The first-order chi connectivity index (χ1) is 6.75. The van der Waals surface area contributed by atoms with Crippen molar-refractivity contribution < 1.29 is 9.66 Å². The SMILES string of the molecule is CCCCOc1c[c]ccc1[N+](=O)[O-]. The van der Waals surface area contributed by atoms with Gasteiger partial charge in [0.05, 0.1) is 11.5 Å². The van der Waals surface area contributed by atoms with Crippen LogP contribution < -0.4 is 4.74 Å². The summed E-state index contributed by atoms with van der Waals surface area (Å²) in [5, 5.41) is 10.6. The third kappa shape index (κ3) is 2.73. The molecule has 0 fully saturated rings. The molecule has 0 aliphatic heterocycles. The maximum Gasteiger partial charge on any atom is 0.310 e. The van der Waals surface area contributed by atoms with Gasteiger partial charge in [0.15, 0.2) is 5.75 Å². The molecule has 0 aromatic heterocycles. The average molecular weight is 194 g/mol. The zero-order valence-corrected chi connectivity index (χ0v) is 8.03. The number of ether oxygens (including phenoxy) is 1. The van der Waals surface area contributed by atoms with Crippen LogP contribution in [-0.2, 0) is 0 Å². The Morgan fingerprint density at radius 1 is 1.64 bits per heavy atom. The first-order valence-corrected chi connectivity index (χ1v) is 4.53. The Labute approximate surface area is 82.7 Å². The smallest absolute Gasteiger partial charge is 0.310 e. The lowest BCUT2D eigenvalue weighted by atomic mass is 10.3. The van der Waals surface area contributed by atoms with E-state index in [1.54, 1.807) is 0 Å². The highest BCUT2D eigenvalue weighted by atomic mass is 16.6. The summed E-state index contributed by atoms with van der Waals surface area (Å²) < 4.78 is 5.27. The van der Waals surface area contributed by atoms with Crippen molar-refractivity contribution in [3.05, 3.63) is 34.4 Å². The van der Waals surface area contributed by atoms with E-state index in [1.165, 1.54) is 18.2 Å². The summed E-state index contributed by atoms with van der Waals surface area (Å²) in [6, 6.07) is 7.14. The number of unbranched alkanes of at least 4 members (excludes halogenated alkanes) is 1. The Balaban J connectivity index is 2.69. The molecule has 4 heteroatoms. The summed E-state index contributed by atoms with van der Waals surface area (Å²) in [4.78, 5) is 10.1. The Kier molecular flexibility index (Phi) is 3.91. The van der Waals surface area contributed by atoms with Crippen LogP contribution in [-0.4, -0.2) is 11.5 Å². The molecule has 0 N–H and O–H groups in total. The molecule has 1 aromatic carbocycles. The van der Waals surface area contributed by atoms with E-state index in [-0.39, 0.29) is 5.69 Å². The number of nitrogens with zero attached hydrogens (tertiary/aromatic N) is 1. The van der Waals surface area contributed by atoms with Gasteiger partial charge in [0.2, 0.25) is 0 Å². The van der Waals surface area contributed by atoms with Gasteiger partial charge in [-0.15, -0.1) is 0 Å². The maximum absolute atomic E-state index is 10.6. The van der Waals surface area contributed by atoms with Crippen LogP contribution in [0.25, 0.3) is 0 Å². The van der Waals surface area contributed by atoms with Crippen molar-refractivity contribution in [2.45, 2.75) is 19.8 Å². The monoisotopic (exact) mass is 194 g/mol. The summed E-state index contributed by atoms with van der Waals surface area (Å²) in [7, 11) is 0. The van der Waals surface area contributed by atoms with E-state index in [4.69, 9.17) is 4.74 Å². The Morgan fingerprint density at radius 2 is 2.43 bits per heavy atom. The van der Waals surface area contributed by atoms with Crippen molar-refractivity contribution in [2.75, 3.05) is 6.61 Å². The normalized spacial score (nSPS) is 9.79. The quantitative estimate of drug-likeness (QED) is 0.411. The van der Waals surface area contributed by atoms with Crippen LogP contribution in [0.4, 0.5) is 5.69 Å². The molecule has 0 aliphatic rings. The van der Waals surface area contributed by atoms with Crippen molar-refractivity contribution in [3.63, 3.8) is 0 Å².